The molecule has 7 heterocycles. The van der Waals surface area contributed by atoms with Gasteiger partial charge in [0.15, 0.2) is 30.7 Å². The fourth-order valence-electron chi connectivity index (χ4n) is 13.1. The number of hydrogen-bond donors (Lipinski definition) is 21. The van der Waals surface area contributed by atoms with Gasteiger partial charge in [0.25, 0.3) is 0 Å². The van der Waals surface area contributed by atoms with Gasteiger partial charge in [-0.25, -0.2) is 4.99 Å². The van der Waals surface area contributed by atoms with Crippen molar-refractivity contribution in [2.75, 3.05) is 46.1 Å². The van der Waals surface area contributed by atoms with Crippen LogP contribution in [-0.2, 0) is 63.6 Å². The molecule has 0 radical (unpaired) electrons. The molecule has 7 aliphatic heterocycles. The maximum Gasteiger partial charge on any atom is 0.246 e. The molecule has 37 nitrogen and oxygen atoms in total. The van der Waals surface area contributed by atoms with Gasteiger partial charge in [-0.2, -0.15) is 0 Å². The molecule has 25 atom stereocenters. The molecule has 2 aromatic rings. The van der Waals surface area contributed by atoms with Gasteiger partial charge in [-0.15, -0.1) is 0 Å². The van der Waals surface area contributed by atoms with E-state index >= 15 is 9.59 Å². The number of amides is 6. The minimum atomic E-state index is -2.33. The van der Waals surface area contributed by atoms with E-state index in [1.807, 2.05) is 0 Å². The van der Waals surface area contributed by atoms with Crippen LogP contribution < -0.4 is 53.4 Å². The summed E-state index contributed by atoms with van der Waals surface area (Å²) in [5, 5.41) is 150. The predicted molar refractivity (Wildman–Crippen MR) is 326 cm³/mol. The normalized spacial score (nSPS) is 38.2. The molecule has 6 amide bonds. The molecule has 1 saturated carbocycles. The van der Waals surface area contributed by atoms with Gasteiger partial charge in [-0.05, 0) is 30.0 Å². The number of carbonyl (C=O) groups excluding carboxylic acids is 6. The molecule has 37 heteroatoms. The maximum atomic E-state index is 15.1. The Morgan fingerprint density at radius 2 is 1.28 bits per heavy atom. The fraction of sp³-hybridized carbons (Fsp3) is 0.667. The quantitative estimate of drug-likeness (QED) is 0.0699. The second-order valence-electron chi connectivity index (χ2n) is 25.2. The van der Waals surface area contributed by atoms with Crippen molar-refractivity contribution in [1.29, 1.82) is 0 Å². The fourth-order valence-corrected chi connectivity index (χ4v) is 13.1. The van der Waals surface area contributed by atoms with Crippen molar-refractivity contribution < 1.29 is 123 Å². The number of nitrogens with zero attached hydrogens (tertiary/aromatic N) is 3. The zero-order valence-electron chi connectivity index (χ0n) is 52.3. The highest BCUT2D eigenvalue weighted by Gasteiger charge is 2.55. The summed E-state index contributed by atoms with van der Waals surface area (Å²) in [6.07, 6.45) is -26.4. The van der Waals surface area contributed by atoms with Crippen LogP contribution in [0, 0.1) is 5.92 Å². The number of carbonyl (C=O) groups is 6. The topological polar surface area (TPSA) is 574 Å². The number of ether oxygens (including phenoxy) is 7. The van der Waals surface area contributed by atoms with Crippen LogP contribution in [0.15, 0.2) is 64.6 Å². The minimum Gasteiger partial charge on any atom is -0.462 e. The van der Waals surface area contributed by atoms with Crippen molar-refractivity contribution in [3.8, 4) is 5.75 Å². The molecule has 8 aliphatic rings. The predicted octanol–water partition coefficient (Wildman–Crippen LogP) is -10.7. The molecular weight excluding hydrogens is 1290 g/mol. The number of nitrogens with two attached hydrogens (primary N) is 2. The number of benzene rings is 2. The van der Waals surface area contributed by atoms with E-state index in [2.05, 4.69) is 47.2 Å². The van der Waals surface area contributed by atoms with Gasteiger partial charge in [0.05, 0.1) is 51.6 Å². The first-order valence-electron chi connectivity index (χ1n) is 32.1. The van der Waals surface area contributed by atoms with Crippen molar-refractivity contribution in [2.24, 2.45) is 27.4 Å². The molecule has 2 unspecified atom stereocenters. The third-order valence-corrected chi connectivity index (χ3v) is 18.6. The molecular formula is C60H86N12O25. The SMILES string of the molecule is NC1=N[C@H]([C@H](O)[C@@H]2NC(=O)[C@@H](Cc3ccc(O[C@H]4O[C@H](CO)[C@@H](O[C@H]5O[C@@H]6COC(c7ccccc7)O[C@H]6[C@H](O)[C@@H]5O)[C@H](O)[C@@H]4O)cc3)NC(=O)C(CC3CCCCC3)NC(=O)CNC(=O)[C@H](CO)NC(=O)[C@@H]([C@@H](O)[C@@H]3CN=C(N)N3[C@H]3O[C@H](CO)[C@@H](O)[C@H](O)[C@@H]3O)NC2=O)CN1. The zero-order chi connectivity index (χ0) is 69.5. The van der Waals surface area contributed by atoms with Crippen LogP contribution in [0.25, 0.3) is 0 Å². The van der Waals surface area contributed by atoms with Crippen LogP contribution in [0.3, 0.4) is 0 Å². The lowest BCUT2D eigenvalue weighted by Gasteiger charge is -2.48. The van der Waals surface area contributed by atoms with Crippen molar-refractivity contribution in [1.82, 2.24) is 42.1 Å². The Morgan fingerprint density at radius 1 is 0.619 bits per heavy atom. The van der Waals surface area contributed by atoms with Gasteiger partial charge in [0.1, 0.15) is 121 Å². The monoisotopic (exact) mass is 1370 g/mol. The molecule has 23 N–H and O–H groups in total. The molecule has 0 aromatic heterocycles. The van der Waals surface area contributed by atoms with Crippen LogP contribution >= 0.6 is 0 Å². The van der Waals surface area contributed by atoms with Gasteiger partial charge in [-0.3, -0.25) is 33.8 Å². The van der Waals surface area contributed by atoms with Gasteiger partial charge < -0.3 is 148 Å². The van der Waals surface area contributed by atoms with Crippen molar-refractivity contribution in [3.63, 3.8) is 0 Å². The zero-order valence-corrected chi connectivity index (χ0v) is 52.3. The molecule has 0 spiro atoms. The van der Waals surface area contributed by atoms with E-state index in [4.69, 9.17) is 44.6 Å². The van der Waals surface area contributed by atoms with E-state index in [-0.39, 0.29) is 42.8 Å². The van der Waals surface area contributed by atoms with Gasteiger partial charge >= 0.3 is 0 Å². The van der Waals surface area contributed by atoms with E-state index in [1.54, 1.807) is 30.3 Å². The third kappa shape index (κ3) is 16.6. The first-order valence-corrected chi connectivity index (χ1v) is 32.1. The van der Waals surface area contributed by atoms with Crippen molar-refractivity contribution in [2.45, 2.75) is 198 Å². The number of guanidine groups is 2. The summed E-state index contributed by atoms with van der Waals surface area (Å²) in [6.45, 7) is -4.55. The summed E-state index contributed by atoms with van der Waals surface area (Å²) in [5.41, 5.74) is 13.1. The van der Waals surface area contributed by atoms with E-state index in [9.17, 15) is 80.5 Å². The molecule has 1 aliphatic carbocycles. The Labute approximate surface area is 553 Å². The number of aliphatic imine (C=N–C) groups is 2. The van der Waals surface area contributed by atoms with Crippen molar-refractivity contribution in [3.05, 3.63) is 65.7 Å². The van der Waals surface area contributed by atoms with E-state index in [1.165, 1.54) is 24.3 Å². The number of nitrogens with one attached hydrogen (secondary N) is 7. The second kappa shape index (κ2) is 32.3. The molecule has 2 aromatic carbocycles. The Bertz CT molecular complexity index is 3100. The Morgan fingerprint density at radius 3 is 1.96 bits per heavy atom. The van der Waals surface area contributed by atoms with Crippen LogP contribution in [0.2, 0.25) is 0 Å². The lowest BCUT2D eigenvalue weighted by Crippen LogP contribution is -2.70. The highest BCUT2D eigenvalue weighted by atomic mass is 16.8. The highest BCUT2D eigenvalue weighted by molar-refractivity contribution is 5.98. The lowest BCUT2D eigenvalue weighted by atomic mass is 9.84. The average Bonchev–Trinajstić information content (AvgIpc) is 1.76. The number of fused-ring (bicyclic) bond motifs is 1. The molecule has 10 rings (SSSR count). The highest BCUT2D eigenvalue weighted by Crippen LogP contribution is 2.37. The molecule has 536 valence electrons. The smallest absolute Gasteiger partial charge is 0.246 e. The summed E-state index contributed by atoms with van der Waals surface area (Å²) in [4.78, 5) is 96.2. The molecule has 6 fully saturated rings. The number of aliphatic hydroxyl groups excluding tert-OH is 12. The van der Waals surface area contributed by atoms with Gasteiger partial charge in [-0.1, -0.05) is 74.6 Å². The summed E-state index contributed by atoms with van der Waals surface area (Å²) in [5.74, 6) is -7.79. The molecule has 0 bridgehead atoms. The second-order valence-corrected chi connectivity index (χ2v) is 25.2. The standard InChI is InChI=1S/C60H86N12O25/c61-59-64-17-30(69-59)39(77)37-54(90)71-38(40(78)32-18-65-60(62)72(32)55-45(83)42(80)41(79)33(21-74)93-55)53(89)68-31(20-73)50(86)63-19-36(76)66-28(15-24-7-3-1-4-8-24)51(87)67-29(52(88)70-37)16-25-11-13-27(14-12-25)92-57-46(84)43(81)48(34(22-75)94-57)97-58-47(85)44(82)49-35(95-58)23-91-56(96-49)26-9-5-2-6-10-26/h2,5-6,9-14,24,28-35,37-49,55-58,73-75,77-85H,1,3-4,7-8,15-23H2,(H2,62,65)(H,63,86)(H,66,76)(H,67,87)(H,68,89)(H,70,88)(H,71,90)(H3,61,64,69)/t28?,29-,30+,31+,32+,33-,34-,35-,37+,38-,39+,40+,41-,42+,43-,44-,45+,46+,47+,48-,49-,55+,56?,57+,58-/m1/s1. The largest absolute Gasteiger partial charge is 0.462 e. The van der Waals surface area contributed by atoms with Crippen LogP contribution in [0.5, 0.6) is 5.75 Å². The van der Waals surface area contributed by atoms with Crippen LogP contribution in [0.4, 0.5) is 0 Å². The van der Waals surface area contributed by atoms with Crippen LogP contribution in [-0.4, -0.2) is 306 Å². The Balaban J connectivity index is 0.899. The summed E-state index contributed by atoms with van der Waals surface area (Å²) in [7, 11) is 0. The van der Waals surface area contributed by atoms with E-state index in [0.29, 0.717) is 18.4 Å². The average molecular weight is 1380 g/mol. The van der Waals surface area contributed by atoms with Crippen LogP contribution in [0.1, 0.15) is 55.9 Å². The Kier molecular flexibility index (Phi) is 24.1. The molecule has 5 saturated heterocycles. The van der Waals surface area contributed by atoms with E-state index in [0.717, 1.165) is 24.2 Å². The summed E-state index contributed by atoms with van der Waals surface area (Å²) < 4.78 is 41.2. The number of rotatable bonds is 17. The van der Waals surface area contributed by atoms with Gasteiger partial charge in [0, 0.05) is 18.5 Å². The summed E-state index contributed by atoms with van der Waals surface area (Å²) >= 11 is 0. The third-order valence-electron chi connectivity index (χ3n) is 18.6. The number of hydrogen-bond acceptors (Lipinski definition) is 31. The maximum absolute atomic E-state index is 15.1. The van der Waals surface area contributed by atoms with Gasteiger partial charge in [0.2, 0.25) is 41.7 Å². The van der Waals surface area contributed by atoms with Crippen molar-refractivity contribution >= 4 is 47.4 Å². The molecule has 97 heavy (non-hydrogen) atoms. The van der Waals surface area contributed by atoms with E-state index < -0.39 is 234 Å². The number of aliphatic hydroxyl groups is 12. The first-order chi connectivity index (χ1) is 46.5. The summed E-state index contributed by atoms with van der Waals surface area (Å²) in [6, 6.07) is 1.93. The lowest BCUT2D eigenvalue weighted by molar-refractivity contribution is -0.383. The Hall–Kier alpha value is -7.12. The minimum absolute atomic E-state index is 0.0259. The first kappa shape index (κ1) is 72.6.